The van der Waals surface area contributed by atoms with Gasteiger partial charge in [-0.15, -0.1) is 0 Å². The maximum Gasteiger partial charge on any atom is 0.262 e. The quantitative estimate of drug-likeness (QED) is 0.710. The number of pyridine rings is 1. The van der Waals surface area contributed by atoms with E-state index in [-0.39, 0.29) is 24.8 Å². The average Bonchev–Trinajstić information content (AvgIpc) is 3.16. The van der Waals surface area contributed by atoms with Crippen molar-refractivity contribution >= 4 is 23.2 Å². The van der Waals surface area contributed by atoms with Crippen molar-refractivity contribution in [1.82, 2.24) is 15.1 Å². The summed E-state index contributed by atoms with van der Waals surface area (Å²) in [7, 11) is 0. The second-order valence-corrected chi connectivity index (χ2v) is 5.84. The third kappa shape index (κ3) is 3.92. The lowest BCUT2D eigenvalue weighted by atomic mass is 10.2. The van der Waals surface area contributed by atoms with Gasteiger partial charge in [0.1, 0.15) is 5.75 Å². The van der Waals surface area contributed by atoms with Crippen molar-refractivity contribution in [2.24, 2.45) is 0 Å². The van der Waals surface area contributed by atoms with Crippen molar-refractivity contribution in [2.45, 2.75) is 12.8 Å². The first-order valence-corrected chi connectivity index (χ1v) is 8.27. The van der Waals surface area contributed by atoms with Crippen LogP contribution in [0, 0.1) is 0 Å². The van der Waals surface area contributed by atoms with Crippen molar-refractivity contribution in [3.63, 3.8) is 0 Å². The molecule has 9 heteroatoms. The highest BCUT2D eigenvalue weighted by Gasteiger charge is 2.17. The highest BCUT2D eigenvalue weighted by Crippen LogP contribution is 2.30. The van der Waals surface area contributed by atoms with E-state index in [1.54, 1.807) is 42.7 Å². The zero-order chi connectivity index (χ0) is 18.6. The van der Waals surface area contributed by atoms with Gasteiger partial charge in [-0.25, -0.2) is 0 Å². The van der Waals surface area contributed by atoms with E-state index in [2.05, 4.69) is 25.8 Å². The van der Waals surface area contributed by atoms with Gasteiger partial charge in [-0.2, -0.15) is 4.98 Å². The van der Waals surface area contributed by atoms with E-state index < -0.39 is 0 Å². The van der Waals surface area contributed by atoms with Crippen LogP contribution in [0.3, 0.4) is 0 Å². The van der Waals surface area contributed by atoms with E-state index in [0.29, 0.717) is 35.3 Å². The second-order valence-electron chi connectivity index (χ2n) is 5.84. The van der Waals surface area contributed by atoms with Gasteiger partial charge in [0.15, 0.2) is 6.61 Å². The molecule has 0 aliphatic carbocycles. The lowest BCUT2D eigenvalue weighted by Crippen LogP contribution is -2.25. The van der Waals surface area contributed by atoms with Crippen LogP contribution >= 0.6 is 0 Å². The third-order valence-corrected chi connectivity index (χ3v) is 3.87. The fourth-order valence-corrected chi connectivity index (χ4v) is 2.58. The Morgan fingerprint density at radius 1 is 1.22 bits per heavy atom. The number of fused-ring (bicyclic) bond motifs is 1. The fourth-order valence-electron chi connectivity index (χ4n) is 2.58. The van der Waals surface area contributed by atoms with Gasteiger partial charge < -0.3 is 19.9 Å². The van der Waals surface area contributed by atoms with E-state index in [1.165, 1.54) is 0 Å². The summed E-state index contributed by atoms with van der Waals surface area (Å²) >= 11 is 0. The van der Waals surface area contributed by atoms with Crippen LogP contribution in [0.4, 0.5) is 11.4 Å². The molecule has 27 heavy (non-hydrogen) atoms. The van der Waals surface area contributed by atoms with Crippen molar-refractivity contribution in [1.29, 1.82) is 0 Å². The van der Waals surface area contributed by atoms with Crippen LogP contribution in [-0.2, 0) is 16.0 Å². The lowest BCUT2D eigenvalue weighted by Gasteiger charge is -2.18. The van der Waals surface area contributed by atoms with Crippen LogP contribution in [0.2, 0.25) is 0 Å². The van der Waals surface area contributed by atoms with Crippen molar-refractivity contribution < 1.29 is 18.8 Å². The number of aromatic nitrogens is 3. The van der Waals surface area contributed by atoms with Crippen molar-refractivity contribution in [3.05, 3.63) is 48.6 Å². The Bertz CT molecular complexity index is 986. The molecule has 2 aromatic heterocycles. The molecule has 0 saturated heterocycles. The summed E-state index contributed by atoms with van der Waals surface area (Å²) < 4.78 is 10.5. The van der Waals surface area contributed by atoms with Crippen LogP contribution in [-0.4, -0.2) is 33.5 Å². The van der Waals surface area contributed by atoms with Gasteiger partial charge >= 0.3 is 0 Å². The average molecular weight is 365 g/mol. The minimum Gasteiger partial charge on any atom is -0.482 e. The largest absolute Gasteiger partial charge is 0.482 e. The fraction of sp³-hybridized carbons (Fsp3) is 0.167. The number of aryl methyl sites for hydroxylation is 1. The van der Waals surface area contributed by atoms with Crippen LogP contribution in [0.25, 0.3) is 11.4 Å². The number of rotatable bonds is 5. The summed E-state index contributed by atoms with van der Waals surface area (Å²) in [6.45, 7) is -0.00955. The molecule has 4 rings (SSSR count). The van der Waals surface area contributed by atoms with Crippen LogP contribution < -0.4 is 15.4 Å². The molecule has 0 unspecified atom stereocenters. The summed E-state index contributed by atoms with van der Waals surface area (Å²) in [5.41, 5.74) is 1.89. The normalized spacial score (nSPS) is 12.7. The maximum atomic E-state index is 12.2. The molecule has 0 saturated carbocycles. The van der Waals surface area contributed by atoms with Gasteiger partial charge in [-0.1, -0.05) is 5.16 Å². The standard InChI is InChI=1S/C18H15N5O4/c24-15(20-12-1-2-14-13(9-12)21-16(25)10-26-14)3-4-17-22-18(23-27-17)11-5-7-19-8-6-11/h1-2,5-9H,3-4,10H2,(H,20,24)(H,21,25). The van der Waals surface area contributed by atoms with Crippen LogP contribution in [0.5, 0.6) is 5.75 Å². The van der Waals surface area contributed by atoms with E-state index >= 15 is 0 Å². The minimum absolute atomic E-state index is 0.00955. The molecule has 2 N–H and O–H groups in total. The monoisotopic (exact) mass is 365 g/mol. The van der Waals surface area contributed by atoms with Crippen LogP contribution in [0.1, 0.15) is 12.3 Å². The molecule has 0 radical (unpaired) electrons. The smallest absolute Gasteiger partial charge is 0.262 e. The van der Waals surface area contributed by atoms with E-state index in [0.717, 1.165) is 5.56 Å². The molecule has 3 heterocycles. The van der Waals surface area contributed by atoms with Gasteiger partial charge in [-0.05, 0) is 30.3 Å². The SMILES string of the molecule is O=C(CCc1nc(-c2ccncc2)no1)Nc1ccc2c(c1)NC(=O)CO2. The number of hydrogen-bond donors (Lipinski definition) is 2. The number of amides is 2. The molecule has 1 aliphatic rings. The van der Waals surface area contributed by atoms with Gasteiger partial charge in [-0.3, -0.25) is 14.6 Å². The summed E-state index contributed by atoms with van der Waals surface area (Å²) in [5.74, 6) is 0.970. The van der Waals surface area contributed by atoms with E-state index in [4.69, 9.17) is 9.26 Å². The number of carbonyl (C=O) groups is 2. The topological polar surface area (TPSA) is 119 Å². The molecule has 2 amide bonds. The molecule has 136 valence electrons. The van der Waals surface area contributed by atoms with Gasteiger partial charge in [0.05, 0.1) is 5.69 Å². The number of carbonyl (C=O) groups excluding carboxylic acids is 2. The van der Waals surface area contributed by atoms with Crippen LogP contribution in [0.15, 0.2) is 47.2 Å². The first kappa shape index (κ1) is 16.7. The highest BCUT2D eigenvalue weighted by atomic mass is 16.5. The number of anilines is 2. The Balaban J connectivity index is 1.34. The lowest BCUT2D eigenvalue weighted by molar-refractivity contribution is -0.118. The molecular weight excluding hydrogens is 350 g/mol. The molecule has 0 atom stereocenters. The predicted octanol–water partition coefficient (Wildman–Crippen LogP) is 2.03. The number of nitrogens with one attached hydrogen (secondary N) is 2. The number of benzene rings is 1. The zero-order valence-corrected chi connectivity index (χ0v) is 14.1. The van der Waals surface area contributed by atoms with E-state index in [1.807, 2.05) is 0 Å². The molecule has 1 aliphatic heterocycles. The molecule has 0 bridgehead atoms. The Morgan fingerprint density at radius 3 is 2.93 bits per heavy atom. The molecule has 0 fully saturated rings. The Labute approximate surface area is 153 Å². The van der Waals surface area contributed by atoms with E-state index in [9.17, 15) is 9.59 Å². The second kappa shape index (κ2) is 7.24. The first-order chi connectivity index (χ1) is 13.2. The maximum absolute atomic E-state index is 12.2. The first-order valence-electron chi connectivity index (χ1n) is 8.27. The molecule has 3 aromatic rings. The molecule has 9 nitrogen and oxygen atoms in total. The number of ether oxygens (including phenoxy) is 1. The summed E-state index contributed by atoms with van der Waals surface area (Å²) in [4.78, 5) is 31.8. The summed E-state index contributed by atoms with van der Waals surface area (Å²) in [5, 5.41) is 9.37. The summed E-state index contributed by atoms with van der Waals surface area (Å²) in [6, 6.07) is 8.62. The Kier molecular flexibility index (Phi) is 4.48. The third-order valence-electron chi connectivity index (χ3n) is 3.87. The Hall–Kier alpha value is -3.75. The minimum atomic E-state index is -0.229. The highest BCUT2D eigenvalue weighted by molar-refractivity contribution is 5.97. The van der Waals surface area contributed by atoms with Gasteiger partial charge in [0, 0.05) is 36.5 Å². The summed E-state index contributed by atoms with van der Waals surface area (Å²) in [6.07, 6.45) is 3.78. The van der Waals surface area contributed by atoms with Crippen molar-refractivity contribution in [3.8, 4) is 17.1 Å². The Morgan fingerprint density at radius 2 is 2.07 bits per heavy atom. The predicted molar refractivity (Wildman–Crippen MR) is 95.0 cm³/mol. The molecule has 1 aromatic carbocycles. The van der Waals surface area contributed by atoms with Crippen molar-refractivity contribution in [2.75, 3.05) is 17.2 Å². The van der Waals surface area contributed by atoms with Gasteiger partial charge in [0.25, 0.3) is 5.91 Å². The molecular formula is C18H15N5O4. The number of nitrogens with zero attached hydrogens (tertiary/aromatic N) is 3. The zero-order valence-electron chi connectivity index (χ0n) is 14.1. The molecule has 0 spiro atoms. The van der Waals surface area contributed by atoms with Gasteiger partial charge in [0.2, 0.25) is 17.6 Å². The number of hydrogen-bond acceptors (Lipinski definition) is 7.